The fraction of sp³-hybridized carbons (Fsp3) is 0.500. The first kappa shape index (κ1) is 20.0. The summed E-state index contributed by atoms with van der Waals surface area (Å²) in [5.41, 5.74) is 1.77. The van der Waals surface area contributed by atoms with Crippen LogP contribution in [-0.4, -0.2) is 63.5 Å². The molecule has 2 aliphatic heterocycles. The summed E-state index contributed by atoms with van der Waals surface area (Å²) >= 11 is 0. The first-order valence-electron chi connectivity index (χ1n) is 10.9. The van der Waals surface area contributed by atoms with Crippen LogP contribution in [0.2, 0.25) is 0 Å². The molecule has 8 nitrogen and oxygen atoms in total. The highest BCUT2D eigenvalue weighted by Gasteiger charge is 2.40. The van der Waals surface area contributed by atoms with Crippen molar-refractivity contribution in [2.45, 2.75) is 50.7 Å². The van der Waals surface area contributed by atoms with Crippen molar-refractivity contribution in [3.63, 3.8) is 0 Å². The third-order valence-electron chi connectivity index (χ3n) is 6.43. The summed E-state index contributed by atoms with van der Waals surface area (Å²) in [6.45, 7) is 2.22. The van der Waals surface area contributed by atoms with E-state index in [2.05, 4.69) is 30.7 Å². The SMILES string of the molecule is COc1ccnc2cc(Nc3cc(C)[nH]n3)nc(NC3C[C@H]4CC[C@@H](C3)N4CCF)c12. The molecule has 1 unspecified atom stereocenters. The number of hydrogen-bond acceptors (Lipinski definition) is 7. The van der Waals surface area contributed by atoms with Gasteiger partial charge in [-0.3, -0.25) is 15.0 Å². The number of halogens is 1. The number of anilines is 3. The second-order valence-electron chi connectivity index (χ2n) is 8.45. The maximum absolute atomic E-state index is 13.0. The van der Waals surface area contributed by atoms with Crippen LogP contribution in [-0.2, 0) is 0 Å². The monoisotopic (exact) mass is 425 g/mol. The number of methoxy groups -OCH3 is 1. The van der Waals surface area contributed by atoms with Crippen LogP contribution < -0.4 is 15.4 Å². The first-order chi connectivity index (χ1) is 15.1. The maximum atomic E-state index is 13.0. The minimum absolute atomic E-state index is 0.275. The molecule has 164 valence electrons. The van der Waals surface area contributed by atoms with E-state index in [1.54, 1.807) is 13.3 Å². The number of nitrogens with one attached hydrogen (secondary N) is 3. The molecule has 0 spiro atoms. The summed E-state index contributed by atoms with van der Waals surface area (Å²) in [6.07, 6.45) is 5.99. The molecule has 9 heteroatoms. The molecular formula is C22H28FN7O. The number of alkyl halides is 1. The van der Waals surface area contributed by atoms with Gasteiger partial charge in [0.25, 0.3) is 0 Å². The number of hydrogen-bond donors (Lipinski definition) is 3. The van der Waals surface area contributed by atoms with E-state index in [0.717, 1.165) is 53.8 Å². The Morgan fingerprint density at radius 1 is 1.23 bits per heavy atom. The Bertz CT molecular complexity index is 1060. The normalized spacial score (nSPS) is 23.3. The minimum atomic E-state index is -0.277. The molecule has 0 amide bonds. The second-order valence-corrected chi connectivity index (χ2v) is 8.45. The average Bonchev–Trinajstić information content (AvgIpc) is 3.26. The van der Waals surface area contributed by atoms with Crippen LogP contribution >= 0.6 is 0 Å². The standard InChI is InChI=1S/C22H28FN7O/c1-13-9-20(29-28-13)26-19-12-17-21(18(31-2)5-7-24-17)22(27-19)25-14-10-15-3-4-16(11-14)30(15)8-6-23/h5,7,9,12,14-16H,3-4,6,8,10-11H2,1-2H3,(H3,25,26,27,28,29)/t14?,15-,16+. The van der Waals surface area contributed by atoms with Gasteiger partial charge in [-0.1, -0.05) is 0 Å². The summed E-state index contributed by atoms with van der Waals surface area (Å²) in [7, 11) is 1.66. The molecule has 5 rings (SSSR count). The number of aromatic amines is 1. The van der Waals surface area contributed by atoms with Gasteiger partial charge >= 0.3 is 0 Å². The van der Waals surface area contributed by atoms with E-state index >= 15 is 0 Å². The van der Waals surface area contributed by atoms with Gasteiger partial charge in [-0.15, -0.1) is 0 Å². The number of H-pyrrole nitrogens is 1. The fourth-order valence-electron chi connectivity index (χ4n) is 5.14. The number of nitrogens with zero attached hydrogens (tertiary/aromatic N) is 4. The summed E-state index contributed by atoms with van der Waals surface area (Å²) in [4.78, 5) is 11.8. The molecule has 2 saturated heterocycles. The molecule has 3 aromatic heterocycles. The van der Waals surface area contributed by atoms with Crippen LogP contribution in [0.1, 0.15) is 31.4 Å². The summed E-state index contributed by atoms with van der Waals surface area (Å²) < 4.78 is 18.6. The topological polar surface area (TPSA) is 91.0 Å². The lowest BCUT2D eigenvalue weighted by atomic mass is 9.97. The van der Waals surface area contributed by atoms with Crippen molar-refractivity contribution in [3.8, 4) is 5.75 Å². The quantitative estimate of drug-likeness (QED) is 0.530. The molecule has 2 aliphatic rings. The van der Waals surface area contributed by atoms with Gasteiger partial charge in [0.05, 0.1) is 18.0 Å². The Morgan fingerprint density at radius 3 is 2.71 bits per heavy atom. The molecule has 2 fully saturated rings. The number of aromatic nitrogens is 4. The average molecular weight is 426 g/mol. The summed E-state index contributed by atoms with van der Waals surface area (Å²) in [5, 5.41) is 15.0. The van der Waals surface area contributed by atoms with E-state index in [0.29, 0.717) is 30.3 Å². The van der Waals surface area contributed by atoms with Crippen LogP contribution in [0.4, 0.5) is 21.8 Å². The largest absolute Gasteiger partial charge is 0.496 e. The lowest BCUT2D eigenvalue weighted by Gasteiger charge is -2.39. The van der Waals surface area contributed by atoms with Crippen LogP contribution in [0, 0.1) is 6.92 Å². The summed E-state index contributed by atoms with van der Waals surface area (Å²) in [6, 6.07) is 6.83. The van der Waals surface area contributed by atoms with Crippen LogP contribution in [0.3, 0.4) is 0 Å². The van der Waals surface area contributed by atoms with E-state index in [-0.39, 0.29) is 12.7 Å². The first-order valence-corrected chi connectivity index (χ1v) is 10.9. The Kier molecular flexibility index (Phi) is 5.35. The molecule has 0 aliphatic carbocycles. The summed E-state index contributed by atoms with van der Waals surface area (Å²) in [5.74, 6) is 2.86. The number of pyridine rings is 2. The van der Waals surface area contributed by atoms with E-state index in [1.807, 2.05) is 25.1 Å². The molecular weight excluding hydrogens is 397 g/mol. The van der Waals surface area contributed by atoms with E-state index in [1.165, 1.54) is 0 Å². The fourth-order valence-corrected chi connectivity index (χ4v) is 5.14. The maximum Gasteiger partial charge on any atom is 0.153 e. The Hall–Kier alpha value is -2.94. The van der Waals surface area contributed by atoms with Crippen molar-refractivity contribution in [3.05, 3.63) is 30.1 Å². The zero-order chi connectivity index (χ0) is 21.4. The van der Waals surface area contributed by atoms with Crippen LogP contribution in [0.25, 0.3) is 10.9 Å². The molecule has 0 saturated carbocycles. The predicted molar refractivity (Wildman–Crippen MR) is 119 cm³/mol. The third kappa shape index (κ3) is 3.89. The molecule has 5 heterocycles. The van der Waals surface area contributed by atoms with Crippen LogP contribution in [0.15, 0.2) is 24.4 Å². The van der Waals surface area contributed by atoms with Crippen LogP contribution in [0.5, 0.6) is 5.75 Å². The molecule has 2 bridgehead atoms. The number of piperidine rings is 1. The lowest BCUT2D eigenvalue weighted by molar-refractivity contribution is 0.123. The van der Waals surface area contributed by atoms with E-state index in [9.17, 15) is 4.39 Å². The van der Waals surface area contributed by atoms with E-state index in [4.69, 9.17) is 9.72 Å². The molecule has 31 heavy (non-hydrogen) atoms. The van der Waals surface area contributed by atoms with Crippen molar-refractivity contribution in [1.29, 1.82) is 0 Å². The van der Waals surface area contributed by atoms with Crippen molar-refractivity contribution >= 4 is 28.4 Å². The van der Waals surface area contributed by atoms with Gasteiger partial charge in [-0.25, -0.2) is 9.37 Å². The van der Waals surface area contributed by atoms with Gasteiger partial charge in [-0.05, 0) is 38.7 Å². The van der Waals surface area contributed by atoms with Gasteiger partial charge in [0.15, 0.2) is 5.82 Å². The smallest absolute Gasteiger partial charge is 0.153 e. The highest BCUT2D eigenvalue weighted by molar-refractivity contribution is 5.96. The third-order valence-corrected chi connectivity index (χ3v) is 6.43. The zero-order valence-corrected chi connectivity index (χ0v) is 17.9. The van der Waals surface area contributed by atoms with Crippen molar-refractivity contribution in [2.24, 2.45) is 0 Å². The molecule has 3 atom stereocenters. The highest BCUT2D eigenvalue weighted by atomic mass is 19.1. The molecule has 3 N–H and O–H groups in total. The number of ether oxygens (including phenoxy) is 1. The second kappa shape index (κ2) is 8.30. The number of fused-ring (bicyclic) bond motifs is 3. The van der Waals surface area contributed by atoms with E-state index < -0.39 is 0 Å². The van der Waals surface area contributed by atoms with Gasteiger partial charge in [0.2, 0.25) is 0 Å². The Labute approximate surface area is 180 Å². The number of aryl methyl sites for hydroxylation is 1. The molecule has 0 radical (unpaired) electrons. The van der Waals surface area contributed by atoms with Gasteiger partial charge in [0, 0.05) is 48.7 Å². The van der Waals surface area contributed by atoms with Gasteiger partial charge in [0.1, 0.15) is 24.1 Å². The zero-order valence-electron chi connectivity index (χ0n) is 17.9. The highest BCUT2D eigenvalue weighted by Crippen LogP contribution is 2.38. The minimum Gasteiger partial charge on any atom is -0.496 e. The van der Waals surface area contributed by atoms with Crippen molar-refractivity contribution in [2.75, 3.05) is 31.0 Å². The number of rotatable bonds is 7. The molecule has 0 aromatic carbocycles. The molecule has 3 aromatic rings. The van der Waals surface area contributed by atoms with Crippen molar-refractivity contribution < 1.29 is 9.13 Å². The van der Waals surface area contributed by atoms with Gasteiger partial charge in [-0.2, -0.15) is 5.10 Å². The van der Waals surface area contributed by atoms with Crippen molar-refractivity contribution in [1.82, 2.24) is 25.1 Å². The lowest BCUT2D eigenvalue weighted by Crippen LogP contribution is -2.47. The Balaban J connectivity index is 1.46. The predicted octanol–water partition coefficient (Wildman–Crippen LogP) is 3.79. The van der Waals surface area contributed by atoms with Gasteiger partial charge < -0.3 is 15.4 Å². The Morgan fingerprint density at radius 2 is 2.03 bits per heavy atom.